The molecular weight excluding hydrogens is 470 g/mol. The molecule has 1 amide bonds. The van der Waals surface area contributed by atoms with Gasteiger partial charge in [-0.15, -0.1) is 0 Å². The van der Waals surface area contributed by atoms with Crippen LogP contribution in [0.2, 0.25) is 0 Å². The average Bonchev–Trinajstić information content (AvgIpc) is 3.40. The van der Waals surface area contributed by atoms with E-state index in [4.69, 9.17) is 10.2 Å². The van der Waals surface area contributed by atoms with Crippen molar-refractivity contribution in [2.24, 2.45) is 0 Å². The summed E-state index contributed by atoms with van der Waals surface area (Å²) < 4.78 is 3.84. The molecule has 2 aromatic heterocycles. The van der Waals surface area contributed by atoms with Gasteiger partial charge in [-0.05, 0) is 24.6 Å². The van der Waals surface area contributed by atoms with Gasteiger partial charge in [0.2, 0.25) is 6.17 Å². The highest BCUT2D eigenvalue weighted by Crippen LogP contribution is 2.35. The second-order valence-corrected chi connectivity index (χ2v) is 14.7. The van der Waals surface area contributed by atoms with Crippen LogP contribution in [-0.4, -0.2) is 25.5 Å². The van der Waals surface area contributed by atoms with Gasteiger partial charge in [-0.1, -0.05) is 113 Å². The lowest BCUT2D eigenvalue weighted by Crippen LogP contribution is -2.42. The standard InChI is InChI=1S/C32H49N5O/c1-21(22-17-15-14-16-18-22)33-27(38)28(36-25(31(8,9)10)19-23(34-36)29(2,3)4)37-26(32(11,12)13)20-24(35-37)30(5,6)7/h14-21,28H,1-13H3,(H,33,38)/t21-/m1/s1. The minimum absolute atomic E-state index is 0.135. The molecule has 1 N–H and O–H groups in total. The molecule has 3 aromatic rings. The van der Waals surface area contributed by atoms with Crippen LogP contribution in [0.1, 0.15) is 131 Å². The molecule has 2 heterocycles. The maximum Gasteiger partial charge on any atom is 0.267 e. The van der Waals surface area contributed by atoms with Gasteiger partial charge in [0.05, 0.1) is 17.4 Å². The molecule has 1 atom stereocenters. The van der Waals surface area contributed by atoms with Gasteiger partial charge in [-0.2, -0.15) is 10.2 Å². The lowest BCUT2D eigenvalue weighted by Gasteiger charge is -2.30. The summed E-state index contributed by atoms with van der Waals surface area (Å²) in [6.07, 6.45) is -0.781. The van der Waals surface area contributed by atoms with Crippen LogP contribution in [0.4, 0.5) is 0 Å². The Morgan fingerprint density at radius 2 is 1.08 bits per heavy atom. The Labute approximate surface area is 230 Å². The summed E-state index contributed by atoms with van der Waals surface area (Å²) in [6, 6.07) is 14.2. The summed E-state index contributed by atoms with van der Waals surface area (Å²) in [5.41, 5.74) is 4.16. The molecule has 0 bridgehead atoms. The van der Waals surface area contributed by atoms with Crippen LogP contribution in [-0.2, 0) is 26.5 Å². The summed E-state index contributed by atoms with van der Waals surface area (Å²) in [5, 5.41) is 13.5. The number of carbonyl (C=O) groups excluding carboxylic acids is 1. The normalized spacial score (nSPS) is 14.2. The quantitative estimate of drug-likeness (QED) is 0.388. The van der Waals surface area contributed by atoms with Crippen LogP contribution in [0.15, 0.2) is 42.5 Å². The van der Waals surface area contributed by atoms with Crippen LogP contribution in [0.3, 0.4) is 0 Å². The molecule has 0 unspecified atom stereocenters. The molecule has 0 saturated heterocycles. The van der Waals surface area contributed by atoms with E-state index in [0.29, 0.717) is 0 Å². The molecule has 6 nitrogen and oxygen atoms in total. The lowest BCUT2D eigenvalue weighted by atomic mass is 9.87. The summed E-state index contributed by atoms with van der Waals surface area (Å²) in [6.45, 7) is 28.0. The predicted octanol–water partition coefficient (Wildman–Crippen LogP) is 7.19. The number of amides is 1. The van der Waals surface area contributed by atoms with Crippen LogP contribution >= 0.6 is 0 Å². The Morgan fingerprint density at radius 3 is 1.42 bits per heavy atom. The van der Waals surface area contributed by atoms with Crippen LogP contribution in [0.25, 0.3) is 0 Å². The first kappa shape index (κ1) is 29.7. The maximum absolute atomic E-state index is 14.4. The Morgan fingerprint density at radius 1 is 0.684 bits per heavy atom. The molecule has 0 aliphatic heterocycles. The second kappa shape index (κ2) is 10.0. The zero-order valence-corrected chi connectivity index (χ0v) is 25.9. The third kappa shape index (κ3) is 6.39. The number of hydrogen-bond donors (Lipinski definition) is 1. The van der Waals surface area contributed by atoms with Crippen molar-refractivity contribution in [2.45, 2.75) is 124 Å². The van der Waals surface area contributed by atoms with E-state index in [-0.39, 0.29) is 33.6 Å². The number of benzene rings is 1. The largest absolute Gasteiger partial charge is 0.346 e. The van der Waals surface area contributed by atoms with Crippen molar-refractivity contribution < 1.29 is 4.79 Å². The molecule has 0 spiro atoms. The number of carbonyl (C=O) groups is 1. The van der Waals surface area contributed by atoms with E-state index in [2.05, 4.69) is 101 Å². The second-order valence-electron chi connectivity index (χ2n) is 14.7. The highest BCUT2D eigenvalue weighted by molar-refractivity contribution is 5.81. The first-order valence-electron chi connectivity index (χ1n) is 13.8. The Bertz CT molecular complexity index is 1180. The smallest absolute Gasteiger partial charge is 0.267 e. The molecule has 6 heteroatoms. The van der Waals surface area contributed by atoms with Crippen molar-refractivity contribution in [1.29, 1.82) is 0 Å². The number of rotatable bonds is 5. The fourth-order valence-corrected chi connectivity index (χ4v) is 4.45. The molecule has 0 fully saturated rings. The van der Waals surface area contributed by atoms with E-state index in [9.17, 15) is 4.79 Å². The molecule has 0 radical (unpaired) electrons. The predicted molar refractivity (Wildman–Crippen MR) is 157 cm³/mol. The molecule has 38 heavy (non-hydrogen) atoms. The number of nitrogens with one attached hydrogen (secondary N) is 1. The van der Waals surface area contributed by atoms with Gasteiger partial charge in [-0.3, -0.25) is 4.79 Å². The summed E-state index contributed by atoms with van der Waals surface area (Å²) >= 11 is 0. The number of hydrogen-bond acceptors (Lipinski definition) is 3. The van der Waals surface area contributed by atoms with E-state index in [0.717, 1.165) is 28.3 Å². The molecule has 0 aliphatic carbocycles. The molecule has 0 saturated carbocycles. The zero-order valence-electron chi connectivity index (χ0n) is 25.9. The highest BCUT2D eigenvalue weighted by atomic mass is 16.2. The third-order valence-electron chi connectivity index (χ3n) is 6.90. The molecular formula is C32H49N5O. The fourth-order valence-electron chi connectivity index (χ4n) is 4.45. The number of nitrogens with zero attached hydrogens (tertiary/aromatic N) is 4. The first-order chi connectivity index (χ1) is 17.2. The van der Waals surface area contributed by atoms with Gasteiger partial charge in [0, 0.05) is 33.0 Å². The Balaban J connectivity index is 2.30. The van der Waals surface area contributed by atoms with Crippen LogP contribution in [0.5, 0.6) is 0 Å². The van der Waals surface area contributed by atoms with Crippen LogP contribution in [0, 0.1) is 0 Å². The molecule has 1 aromatic carbocycles. The lowest BCUT2D eigenvalue weighted by molar-refractivity contribution is -0.126. The highest BCUT2D eigenvalue weighted by Gasteiger charge is 2.37. The van der Waals surface area contributed by atoms with Crippen LogP contribution < -0.4 is 5.32 Å². The maximum atomic E-state index is 14.4. The van der Waals surface area contributed by atoms with Gasteiger partial charge in [-0.25, -0.2) is 9.36 Å². The third-order valence-corrected chi connectivity index (χ3v) is 6.90. The van der Waals surface area contributed by atoms with Crippen molar-refractivity contribution in [2.75, 3.05) is 0 Å². The molecule has 3 rings (SSSR count). The summed E-state index contributed by atoms with van der Waals surface area (Å²) in [5.74, 6) is -0.135. The Hall–Kier alpha value is -2.89. The number of aromatic nitrogens is 4. The van der Waals surface area contributed by atoms with Gasteiger partial charge in [0.15, 0.2) is 0 Å². The van der Waals surface area contributed by atoms with E-state index in [1.165, 1.54) is 0 Å². The summed E-state index contributed by atoms with van der Waals surface area (Å²) in [4.78, 5) is 14.4. The topological polar surface area (TPSA) is 64.7 Å². The SMILES string of the molecule is C[C@@H](NC(=O)C(n1nc(C(C)(C)C)cc1C(C)(C)C)n1nc(C(C)(C)C)cc1C(C)(C)C)c1ccccc1. The zero-order chi connectivity index (χ0) is 28.8. The Kier molecular flexibility index (Phi) is 7.82. The van der Waals surface area contributed by atoms with Crippen molar-refractivity contribution in [3.05, 3.63) is 70.8 Å². The van der Waals surface area contributed by atoms with E-state index in [1.807, 2.05) is 46.6 Å². The van der Waals surface area contributed by atoms with Gasteiger partial charge in [0.1, 0.15) is 0 Å². The van der Waals surface area contributed by atoms with Gasteiger partial charge in [0.25, 0.3) is 5.91 Å². The average molecular weight is 520 g/mol. The molecule has 208 valence electrons. The van der Waals surface area contributed by atoms with Crippen molar-refractivity contribution >= 4 is 5.91 Å². The summed E-state index contributed by atoms with van der Waals surface area (Å²) in [7, 11) is 0. The van der Waals surface area contributed by atoms with Gasteiger partial charge < -0.3 is 5.32 Å². The minimum Gasteiger partial charge on any atom is -0.346 e. The molecule has 0 aliphatic rings. The van der Waals surface area contributed by atoms with E-state index < -0.39 is 6.17 Å². The fraction of sp³-hybridized carbons (Fsp3) is 0.594. The van der Waals surface area contributed by atoms with Gasteiger partial charge >= 0.3 is 0 Å². The van der Waals surface area contributed by atoms with E-state index in [1.54, 1.807) is 0 Å². The van der Waals surface area contributed by atoms with Crippen molar-refractivity contribution in [1.82, 2.24) is 24.9 Å². The first-order valence-corrected chi connectivity index (χ1v) is 13.8. The van der Waals surface area contributed by atoms with E-state index >= 15 is 0 Å². The van der Waals surface area contributed by atoms with Crippen molar-refractivity contribution in [3.8, 4) is 0 Å². The minimum atomic E-state index is -0.781. The van der Waals surface area contributed by atoms with Crippen molar-refractivity contribution in [3.63, 3.8) is 0 Å². The monoisotopic (exact) mass is 519 g/mol.